The minimum atomic E-state index is 0.0775. The fourth-order valence-electron chi connectivity index (χ4n) is 1.73. The predicted molar refractivity (Wildman–Crippen MR) is 70.8 cm³/mol. The van der Waals surface area contributed by atoms with Gasteiger partial charge < -0.3 is 4.74 Å². The van der Waals surface area contributed by atoms with Crippen LogP contribution >= 0.6 is 0 Å². The van der Waals surface area contributed by atoms with Gasteiger partial charge in [-0.1, -0.05) is 6.07 Å². The Bertz CT molecular complexity index is 535. The van der Waals surface area contributed by atoms with E-state index >= 15 is 0 Å². The van der Waals surface area contributed by atoms with E-state index in [0.29, 0.717) is 11.3 Å². The van der Waals surface area contributed by atoms with Gasteiger partial charge in [-0.05, 0) is 43.7 Å². The zero-order chi connectivity index (χ0) is 13.0. The van der Waals surface area contributed by atoms with Crippen molar-refractivity contribution in [2.75, 3.05) is 0 Å². The van der Waals surface area contributed by atoms with Gasteiger partial charge in [0.1, 0.15) is 12.0 Å². The first kappa shape index (κ1) is 12.3. The van der Waals surface area contributed by atoms with E-state index in [9.17, 15) is 4.79 Å². The normalized spacial score (nSPS) is 10.4. The van der Waals surface area contributed by atoms with E-state index in [1.165, 1.54) is 0 Å². The van der Waals surface area contributed by atoms with Crippen molar-refractivity contribution in [3.63, 3.8) is 0 Å². The zero-order valence-corrected chi connectivity index (χ0v) is 10.5. The van der Waals surface area contributed by atoms with Crippen molar-refractivity contribution >= 4 is 6.29 Å². The Hall–Kier alpha value is -2.16. The number of hydrogen-bond acceptors (Lipinski definition) is 3. The SMILES string of the molecule is CC(C)Oc1cc(C=O)cc(-c2cccnc2)c1. The van der Waals surface area contributed by atoms with Gasteiger partial charge in [0, 0.05) is 23.5 Å². The van der Waals surface area contributed by atoms with Crippen LogP contribution in [0.25, 0.3) is 11.1 Å². The third-order valence-corrected chi connectivity index (χ3v) is 2.43. The van der Waals surface area contributed by atoms with Crippen molar-refractivity contribution in [2.45, 2.75) is 20.0 Å². The lowest BCUT2D eigenvalue weighted by atomic mass is 10.0. The highest BCUT2D eigenvalue weighted by molar-refractivity contribution is 5.80. The van der Waals surface area contributed by atoms with E-state index in [2.05, 4.69) is 4.98 Å². The summed E-state index contributed by atoms with van der Waals surface area (Å²) < 4.78 is 5.64. The Balaban J connectivity index is 2.44. The highest BCUT2D eigenvalue weighted by Crippen LogP contribution is 2.25. The van der Waals surface area contributed by atoms with E-state index in [1.807, 2.05) is 38.1 Å². The van der Waals surface area contributed by atoms with Crippen LogP contribution in [0.4, 0.5) is 0 Å². The highest BCUT2D eigenvalue weighted by Gasteiger charge is 2.05. The molecule has 0 radical (unpaired) electrons. The molecule has 0 atom stereocenters. The van der Waals surface area contributed by atoms with Crippen LogP contribution in [0.15, 0.2) is 42.7 Å². The maximum Gasteiger partial charge on any atom is 0.150 e. The highest BCUT2D eigenvalue weighted by atomic mass is 16.5. The second-order valence-corrected chi connectivity index (χ2v) is 4.32. The second-order valence-electron chi connectivity index (χ2n) is 4.32. The molecule has 2 rings (SSSR count). The Morgan fingerprint density at radius 1 is 1.22 bits per heavy atom. The summed E-state index contributed by atoms with van der Waals surface area (Å²) in [5.41, 5.74) is 2.50. The summed E-state index contributed by atoms with van der Waals surface area (Å²) in [5.74, 6) is 0.702. The van der Waals surface area contributed by atoms with Gasteiger partial charge in [0.05, 0.1) is 6.10 Å². The molecule has 0 unspecified atom stereocenters. The molecule has 0 aliphatic heterocycles. The lowest BCUT2D eigenvalue weighted by Gasteiger charge is -2.12. The number of carbonyl (C=O) groups is 1. The van der Waals surface area contributed by atoms with Crippen molar-refractivity contribution in [2.24, 2.45) is 0 Å². The minimum Gasteiger partial charge on any atom is -0.491 e. The molecule has 1 heterocycles. The number of nitrogens with zero attached hydrogens (tertiary/aromatic N) is 1. The summed E-state index contributed by atoms with van der Waals surface area (Å²) in [6, 6.07) is 9.32. The molecule has 0 spiro atoms. The number of carbonyl (C=O) groups excluding carboxylic acids is 1. The van der Waals surface area contributed by atoms with Crippen LogP contribution in [-0.2, 0) is 0 Å². The largest absolute Gasteiger partial charge is 0.491 e. The van der Waals surface area contributed by atoms with Gasteiger partial charge in [-0.15, -0.1) is 0 Å². The fraction of sp³-hybridized carbons (Fsp3) is 0.200. The van der Waals surface area contributed by atoms with Crippen molar-refractivity contribution < 1.29 is 9.53 Å². The summed E-state index contributed by atoms with van der Waals surface area (Å²) in [6.45, 7) is 3.91. The first-order valence-corrected chi connectivity index (χ1v) is 5.86. The maximum absolute atomic E-state index is 11.0. The molecule has 0 saturated heterocycles. The van der Waals surface area contributed by atoms with E-state index < -0.39 is 0 Å². The van der Waals surface area contributed by atoms with Gasteiger partial charge in [0.25, 0.3) is 0 Å². The third-order valence-electron chi connectivity index (χ3n) is 2.43. The molecule has 3 heteroatoms. The second kappa shape index (κ2) is 5.45. The molecule has 0 aliphatic carbocycles. The number of aldehydes is 1. The lowest BCUT2D eigenvalue weighted by Crippen LogP contribution is -2.05. The Morgan fingerprint density at radius 3 is 2.67 bits per heavy atom. The van der Waals surface area contributed by atoms with E-state index in [0.717, 1.165) is 17.4 Å². The maximum atomic E-state index is 11.0. The molecule has 0 saturated carbocycles. The predicted octanol–water partition coefficient (Wildman–Crippen LogP) is 3.35. The molecule has 0 aliphatic rings. The molecule has 0 bridgehead atoms. The van der Waals surface area contributed by atoms with Crippen LogP contribution in [0.5, 0.6) is 5.75 Å². The molecule has 92 valence electrons. The monoisotopic (exact) mass is 241 g/mol. The van der Waals surface area contributed by atoms with Crippen LogP contribution < -0.4 is 4.74 Å². The van der Waals surface area contributed by atoms with Crippen molar-refractivity contribution in [3.8, 4) is 16.9 Å². The van der Waals surface area contributed by atoms with Gasteiger partial charge in [0.2, 0.25) is 0 Å². The molecule has 1 aromatic heterocycles. The van der Waals surface area contributed by atoms with Crippen LogP contribution in [-0.4, -0.2) is 17.4 Å². The first-order valence-electron chi connectivity index (χ1n) is 5.86. The molecule has 0 N–H and O–H groups in total. The Kier molecular flexibility index (Phi) is 3.72. The van der Waals surface area contributed by atoms with Gasteiger partial charge in [-0.3, -0.25) is 9.78 Å². The topological polar surface area (TPSA) is 39.2 Å². The van der Waals surface area contributed by atoms with Crippen LogP contribution in [0.3, 0.4) is 0 Å². The van der Waals surface area contributed by atoms with Gasteiger partial charge in [-0.2, -0.15) is 0 Å². The smallest absolute Gasteiger partial charge is 0.150 e. The molecule has 2 aromatic rings. The average Bonchev–Trinajstić information content (AvgIpc) is 2.38. The average molecular weight is 241 g/mol. The van der Waals surface area contributed by atoms with Gasteiger partial charge in [-0.25, -0.2) is 0 Å². The molecule has 18 heavy (non-hydrogen) atoms. The molecular weight excluding hydrogens is 226 g/mol. The first-order chi connectivity index (χ1) is 8.69. The third kappa shape index (κ3) is 2.94. The molecular formula is C15H15NO2. The number of aromatic nitrogens is 1. The number of rotatable bonds is 4. The standard InChI is InChI=1S/C15H15NO2/c1-11(2)18-15-7-12(10-17)6-14(8-15)13-4-3-5-16-9-13/h3-11H,1-2H3. The van der Waals surface area contributed by atoms with Crippen molar-refractivity contribution in [1.82, 2.24) is 4.98 Å². The molecule has 0 amide bonds. The van der Waals surface area contributed by atoms with Crippen molar-refractivity contribution in [3.05, 3.63) is 48.3 Å². The van der Waals surface area contributed by atoms with Gasteiger partial charge in [0.15, 0.2) is 0 Å². The quantitative estimate of drug-likeness (QED) is 0.770. The minimum absolute atomic E-state index is 0.0775. The number of pyridine rings is 1. The number of hydrogen-bond donors (Lipinski definition) is 0. The number of benzene rings is 1. The Labute approximate surface area is 106 Å². The summed E-state index contributed by atoms with van der Waals surface area (Å²) >= 11 is 0. The lowest BCUT2D eigenvalue weighted by molar-refractivity contribution is 0.112. The Morgan fingerprint density at radius 2 is 2.06 bits per heavy atom. The summed E-state index contributed by atoms with van der Waals surface area (Å²) in [5, 5.41) is 0. The summed E-state index contributed by atoms with van der Waals surface area (Å²) in [4.78, 5) is 15.0. The summed E-state index contributed by atoms with van der Waals surface area (Å²) in [6.07, 6.45) is 4.39. The van der Waals surface area contributed by atoms with E-state index in [1.54, 1.807) is 18.5 Å². The zero-order valence-electron chi connectivity index (χ0n) is 10.5. The van der Waals surface area contributed by atoms with Crippen molar-refractivity contribution in [1.29, 1.82) is 0 Å². The molecule has 3 nitrogen and oxygen atoms in total. The van der Waals surface area contributed by atoms with E-state index in [-0.39, 0.29) is 6.10 Å². The van der Waals surface area contributed by atoms with E-state index in [4.69, 9.17) is 4.74 Å². The molecule has 0 fully saturated rings. The van der Waals surface area contributed by atoms with Gasteiger partial charge >= 0.3 is 0 Å². The summed E-state index contributed by atoms with van der Waals surface area (Å²) in [7, 11) is 0. The van der Waals surface area contributed by atoms with Crippen LogP contribution in [0.2, 0.25) is 0 Å². The number of ether oxygens (including phenoxy) is 1. The molecule has 1 aromatic carbocycles. The fourth-order valence-corrected chi connectivity index (χ4v) is 1.73. The van der Waals surface area contributed by atoms with Crippen LogP contribution in [0.1, 0.15) is 24.2 Å². The van der Waals surface area contributed by atoms with Crippen LogP contribution in [0, 0.1) is 0 Å².